The number of aromatic nitrogens is 2. The second-order valence-corrected chi connectivity index (χ2v) is 4.59. The van der Waals surface area contributed by atoms with Crippen LogP contribution >= 0.6 is 0 Å². The topological polar surface area (TPSA) is 47.0 Å². The van der Waals surface area contributed by atoms with E-state index < -0.39 is 0 Å². The van der Waals surface area contributed by atoms with Gasteiger partial charge in [-0.2, -0.15) is 0 Å². The number of hydrogen-bond donors (Lipinski definition) is 1. The fourth-order valence-electron chi connectivity index (χ4n) is 2.12. The zero-order valence-corrected chi connectivity index (χ0v) is 10.7. The van der Waals surface area contributed by atoms with Gasteiger partial charge in [0.1, 0.15) is 11.6 Å². The molecule has 1 saturated heterocycles. The Bertz CT molecular complexity index is 362. The van der Waals surface area contributed by atoms with Gasteiger partial charge >= 0.3 is 0 Å². The van der Waals surface area contributed by atoms with E-state index >= 15 is 0 Å². The number of anilines is 1. The van der Waals surface area contributed by atoms with Crippen LogP contribution in [0.5, 0.6) is 0 Å². The molecule has 4 heteroatoms. The third-order valence-corrected chi connectivity index (χ3v) is 3.14. The Morgan fingerprint density at radius 2 is 2.35 bits per heavy atom. The minimum Gasteiger partial charge on any atom is -0.381 e. The second kappa shape index (κ2) is 5.96. The van der Waals surface area contributed by atoms with Gasteiger partial charge in [0.25, 0.3) is 0 Å². The molecule has 0 radical (unpaired) electrons. The molecule has 94 valence electrons. The summed E-state index contributed by atoms with van der Waals surface area (Å²) >= 11 is 0. The average molecular weight is 235 g/mol. The highest BCUT2D eigenvalue weighted by Gasteiger charge is 2.14. The maximum absolute atomic E-state index is 5.36. The van der Waals surface area contributed by atoms with Gasteiger partial charge in [-0.3, -0.25) is 0 Å². The molecule has 2 heterocycles. The van der Waals surface area contributed by atoms with Gasteiger partial charge in [-0.05, 0) is 32.1 Å². The van der Waals surface area contributed by atoms with E-state index in [1.54, 1.807) is 0 Å². The van der Waals surface area contributed by atoms with Gasteiger partial charge in [0.05, 0.1) is 0 Å². The van der Waals surface area contributed by atoms with Crippen molar-refractivity contribution in [2.24, 2.45) is 5.92 Å². The zero-order chi connectivity index (χ0) is 12.1. The number of aryl methyl sites for hydroxylation is 2. The first kappa shape index (κ1) is 12.3. The lowest BCUT2D eigenvalue weighted by Crippen LogP contribution is -2.11. The number of rotatable bonds is 5. The van der Waals surface area contributed by atoms with Crippen LogP contribution in [-0.2, 0) is 11.2 Å². The Hall–Kier alpha value is -1.16. The van der Waals surface area contributed by atoms with Crippen molar-refractivity contribution in [3.05, 3.63) is 17.6 Å². The fraction of sp³-hybridized carbons (Fsp3) is 0.692. The lowest BCUT2D eigenvalue weighted by Gasteiger charge is -2.10. The molecule has 2 rings (SSSR count). The summed E-state index contributed by atoms with van der Waals surface area (Å²) in [5, 5.41) is 3.38. The summed E-state index contributed by atoms with van der Waals surface area (Å²) < 4.78 is 5.36. The predicted molar refractivity (Wildman–Crippen MR) is 68.2 cm³/mol. The maximum atomic E-state index is 5.36. The van der Waals surface area contributed by atoms with Crippen molar-refractivity contribution in [2.75, 3.05) is 25.1 Å². The molecule has 0 aliphatic carbocycles. The SMILES string of the molecule is CCc1cc(NCCC2CCOC2)nc(C)n1. The summed E-state index contributed by atoms with van der Waals surface area (Å²) in [4.78, 5) is 8.76. The van der Waals surface area contributed by atoms with Crippen molar-refractivity contribution >= 4 is 5.82 Å². The standard InChI is InChI=1S/C13H21N3O/c1-3-12-8-13(16-10(2)15-12)14-6-4-11-5-7-17-9-11/h8,11H,3-7,9H2,1-2H3,(H,14,15,16). The van der Waals surface area contributed by atoms with Gasteiger partial charge in [-0.1, -0.05) is 6.92 Å². The lowest BCUT2D eigenvalue weighted by atomic mass is 10.1. The van der Waals surface area contributed by atoms with Crippen LogP contribution in [0.1, 0.15) is 31.3 Å². The van der Waals surface area contributed by atoms with E-state index in [4.69, 9.17) is 4.74 Å². The van der Waals surface area contributed by atoms with Crippen molar-refractivity contribution in [3.63, 3.8) is 0 Å². The molecule has 0 amide bonds. The summed E-state index contributed by atoms with van der Waals surface area (Å²) in [7, 11) is 0. The first-order chi connectivity index (χ1) is 8.28. The quantitative estimate of drug-likeness (QED) is 0.849. The van der Waals surface area contributed by atoms with Gasteiger partial charge in [-0.15, -0.1) is 0 Å². The minimum absolute atomic E-state index is 0.719. The molecule has 1 aliphatic heterocycles. The van der Waals surface area contributed by atoms with E-state index in [0.717, 1.165) is 55.9 Å². The van der Waals surface area contributed by atoms with Crippen LogP contribution < -0.4 is 5.32 Å². The van der Waals surface area contributed by atoms with Gasteiger partial charge in [-0.25, -0.2) is 9.97 Å². The number of ether oxygens (including phenoxy) is 1. The predicted octanol–water partition coefficient (Wildman–Crippen LogP) is 2.19. The number of nitrogens with zero attached hydrogens (tertiary/aromatic N) is 2. The Balaban J connectivity index is 1.83. The van der Waals surface area contributed by atoms with Gasteiger partial charge < -0.3 is 10.1 Å². The molecule has 0 spiro atoms. The molecule has 1 aliphatic rings. The second-order valence-electron chi connectivity index (χ2n) is 4.59. The maximum Gasteiger partial charge on any atom is 0.129 e. The number of nitrogens with one attached hydrogen (secondary N) is 1. The van der Waals surface area contributed by atoms with Crippen molar-refractivity contribution in [1.29, 1.82) is 0 Å². The molecule has 17 heavy (non-hydrogen) atoms. The van der Waals surface area contributed by atoms with E-state index in [-0.39, 0.29) is 0 Å². The Morgan fingerprint density at radius 1 is 1.47 bits per heavy atom. The highest BCUT2D eigenvalue weighted by atomic mass is 16.5. The summed E-state index contributed by atoms with van der Waals surface area (Å²) in [6, 6.07) is 2.04. The fourth-order valence-corrected chi connectivity index (χ4v) is 2.12. The molecule has 1 unspecified atom stereocenters. The van der Waals surface area contributed by atoms with Crippen molar-refractivity contribution in [2.45, 2.75) is 33.1 Å². The summed E-state index contributed by atoms with van der Waals surface area (Å²) in [6.07, 6.45) is 3.31. The molecule has 1 fully saturated rings. The Morgan fingerprint density at radius 3 is 3.06 bits per heavy atom. The third-order valence-electron chi connectivity index (χ3n) is 3.14. The molecular weight excluding hydrogens is 214 g/mol. The highest BCUT2D eigenvalue weighted by molar-refractivity contribution is 5.35. The molecule has 1 aromatic rings. The van der Waals surface area contributed by atoms with Crippen molar-refractivity contribution in [1.82, 2.24) is 9.97 Å². The van der Waals surface area contributed by atoms with Gasteiger partial charge in [0.15, 0.2) is 0 Å². The van der Waals surface area contributed by atoms with E-state index in [0.29, 0.717) is 0 Å². The lowest BCUT2D eigenvalue weighted by molar-refractivity contribution is 0.185. The number of hydrogen-bond acceptors (Lipinski definition) is 4. The first-order valence-corrected chi connectivity index (χ1v) is 6.44. The van der Waals surface area contributed by atoms with Crippen LogP contribution in [-0.4, -0.2) is 29.7 Å². The monoisotopic (exact) mass is 235 g/mol. The van der Waals surface area contributed by atoms with E-state index in [9.17, 15) is 0 Å². The Labute approximate surface area is 103 Å². The smallest absolute Gasteiger partial charge is 0.129 e. The molecule has 4 nitrogen and oxygen atoms in total. The van der Waals surface area contributed by atoms with Crippen molar-refractivity contribution in [3.8, 4) is 0 Å². The van der Waals surface area contributed by atoms with Crippen LogP contribution in [0.15, 0.2) is 6.07 Å². The van der Waals surface area contributed by atoms with Crippen LogP contribution in [0, 0.1) is 12.8 Å². The summed E-state index contributed by atoms with van der Waals surface area (Å²) in [6.45, 7) is 6.87. The molecule has 0 saturated carbocycles. The van der Waals surface area contributed by atoms with E-state index in [1.807, 2.05) is 13.0 Å². The van der Waals surface area contributed by atoms with Crippen molar-refractivity contribution < 1.29 is 4.74 Å². The largest absolute Gasteiger partial charge is 0.381 e. The minimum atomic E-state index is 0.719. The molecule has 1 N–H and O–H groups in total. The molecule has 1 aromatic heterocycles. The average Bonchev–Trinajstić information content (AvgIpc) is 2.81. The third kappa shape index (κ3) is 3.66. The normalized spacial score (nSPS) is 19.5. The molecule has 0 bridgehead atoms. The molecule has 1 atom stereocenters. The van der Waals surface area contributed by atoms with Crippen LogP contribution in [0.4, 0.5) is 5.82 Å². The van der Waals surface area contributed by atoms with Crippen LogP contribution in [0.3, 0.4) is 0 Å². The first-order valence-electron chi connectivity index (χ1n) is 6.44. The molecule has 0 aromatic carbocycles. The Kier molecular flexibility index (Phi) is 4.31. The summed E-state index contributed by atoms with van der Waals surface area (Å²) in [5.74, 6) is 2.51. The zero-order valence-electron chi connectivity index (χ0n) is 10.7. The van der Waals surface area contributed by atoms with E-state index in [2.05, 4.69) is 22.2 Å². The van der Waals surface area contributed by atoms with Gasteiger partial charge in [0, 0.05) is 31.5 Å². The van der Waals surface area contributed by atoms with E-state index in [1.165, 1.54) is 6.42 Å². The van der Waals surface area contributed by atoms with Crippen LogP contribution in [0.25, 0.3) is 0 Å². The van der Waals surface area contributed by atoms with Gasteiger partial charge in [0.2, 0.25) is 0 Å². The summed E-state index contributed by atoms with van der Waals surface area (Å²) in [5.41, 5.74) is 1.10. The highest BCUT2D eigenvalue weighted by Crippen LogP contribution is 2.16. The molecular formula is C13H21N3O. The van der Waals surface area contributed by atoms with Crippen LogP contribution in [0.2, 0.25) is 0 Å².